The van der Waals surface area contributed by atoms with Crippen molar-refractivity contribution < 1.29 is 4.79 Å². The molecular weight excluding hydrogens is 316 g/mol. The summed E-state index contributed by atoms with van der Waals surface area (Å²) in [5.74, 6) is 1.08. The number of nitrogens with zero attached hydrogens (tertiary/aromatic N) is 5. The Balaban J connectivity index is 1.44. The van der Waals surface area contributed by atoms with Crippen LogP contribution in [0.5, 0.6) is 0 Å². The maximum absolute atomic E-state index is 12.4. The highest BCUT2D eigenvalue weighted by molar-refractivity contribution is 5.77. The van der Waals surface area contributed by atoms with Crippen molar-refractivity contribution in [2.75, 3.05) is 31.1 Å². The van der Waals surface area contributed by atoms with Crippen molar-refractivity contribution in [1.82, 2.24) is 24.8 Å². The topological polar surface area (TPSA) is 78.0 Å². The molecular formula is C18H24N6O. The highest BCUT2D eigenvalue weighted by Crippen LogP contribution is 2.39. The first-order chi connectivity index (χ1) is 12.2. The number of imidazole rings is 1. The number of amides is 1. The average Bonchev–Trinajstić information content (AvgIpc) is 3.17. The van der Waals surface area contributed by atoms with Gasteiger partial charge in [-0.1, -0.05) is 0 Å². The molecule has 1 N–H and O–H groups in total. The van der Waals surface area contributed by atoms with Crippen LogP contribution >= 0.6 is 0 Å². The van der Waals surface area contributed by atoms with Crippen LogP contribution in [0.3, 0.4) is 0 Å². The summed E-state index contributed by atoms with van der Waals surface area (Å²) in [6, 6.07) is 1.85. The summed E-state index contributed by atoms with van der Waals surface area (Å²) in [6.45, 7) is 3.52. The number of likely N-dealkylation sites (tertiary alicyclic amines) is 1. The van der Waals surface area contributed by atoms with Gasteiger partial charge in [0, 0.05) is 68.7 Å². The van der Waals surface area contributed by atoms with Gasteiger partial charge in [0.15, 0.2) is 0 Å². The first-order valence-electron chi connectivity index (χ1n) is 9.01. The third kappa shape index (κ3) is 3.50. The zero-order valence-corrected chi connectivity index (χ0v) is 14.4. The Hall–Kier alpha value is -2.44. The number of piperidine rings is 2. The molecule has 0 bridgehead atoms. The van der Waals surface area contributed by atoms with Crippen LogP contribution in [0.15, 0.2) is 31.0 Å². The molecule has 0 unspecified atom stereocenters. The fraction of sp³-hybridized carbons (Fsp3) is 0.556. The fourth-order valence-corrected chi connectivity index (χ4v) is 4.15. The van der Waals surface area contributed by atoms with E-state index in [1.807, 2.05) is 17.2 Å². The third-order valence-electron chi connectivity index (χ3n) is 5.45. The number of hydrogen-bond donors (Lipinski definition) is 1. The van der Waals surface area contributed by atoms with E-state index >= 15 is 0 Å². The number of carbonyl (C=O) groups excluding carboxylic acids is 1. The fourth-order valence-electron chi connectivity index (χ4n) is 4.15. The second-order valence-corrected chi connectivity index (χ2v) is 7.22. The highest BCUT2D eigenvalue weighted by Gasteiger charge is 2.42. The minimum absolute atomic E-state index is 0.166. The van der Waals surface area contributed by atoms with E-state index in [0.717, 1.165) is 57.1 Å². The van der Waals surface area contributed by atoms with Crippen molar-refractivity contribution in [3.05, 3.63) is 36.7 Å². The van der Waals surface area contributed by atoms with E-state index in [-0.39, 0.29) is 11.3 Å². The van der Waals surface area contributed by atoms with Gasteiger partial charge in [-0.15, -0.1) is 0 Å². The molecule has 7 heteroatoms. The van der Waals surface area contributed by atoms with Gasteiger partial charge in [-0.3, -0.25) is 4.79 Å². The minimum atomic E-state index is 0.166. The highest BCUT2D eigenvalue weighted by atomic mass is 16.2. The lowest BCUT2D eigenvalue weighted by Gasteiger charge is -2.48. The standard InChI is InChI=1S/C18H24N6O/c25-16-3-6-18(12-23(16)10-4-15-11-19-14-22-15)5-1-9-24(13-18)17-20-7-2-8-21-17/h2,7-8,11,14H,1,3-6,9-10,12-13H2,(H,19,22)/t18-/m1/s1. The zero-order valence-electron chi connectivity index (χ0n) is 14.4. The Labute approximate surface area is 147 Å². The summed E-state index contributed by atoms with van der Waals surface area (Å²) in [7, 11) is 0. The van der Waals surface area contributed by atoms with Crippen LogP contribution in [-0.4, -0.2) is 56.9 Å². The summed E-state index contributed by atoms with van der Waals surface area (Å²) < 4.78 is 0. The SMILES string of the molecule is O=C1CC[C@]2(CCCN(c3ncccn3)C2)CN1CCc1cnc[nH]1. The van der Waals surface area contributed by atoms with Crippen LogP contribution in [-0.2, 0) is 11.2 Å². The molecule has 132 valence electrons. The largest absolute Gasteiger partial charge is 0.348 e. The first kappa shape index (κ1) is 16.1. The van der Waals surface area contributed by atoms with E-state index in [2.05, 4.69) is 24.8 Å². The number of anilines is 1. The van der Waals surface area contributed by atoms with Crippen LogP contribution < -0.4 is 4.90 Å². The lowest BCUT2D eigenvalue weighted by Crippen LogP contribution is -2.54. The molecule has 7 nitrogen and oxygen atoms in total. The van der Waals surface area contributed by atoms with Gasteiger partial charge >= 0.3 is 0 Å². The first-order valence-corrected chi connectivity index (χ1v) is 9.01. The van der Waals surface area contributed by atoms with Gasteiger partial charge in [0.25, 0.3) is 0 Å². The van der Waals surface area contributed by atoms with Gasteiger partial charge in [0.05, 0.1) is 6.33 Å². The average molecular weight is 340 g/mol. The summed E-state index contributed by atoms with van der Waals surface area (Å²) >= 11 is 0. The molecule has 2 aromatic rings. The van der Waals surface area contributed by atoms with E-state index in [1.54, 1.807) is 18.7 Å². The van der Waals surface area contributed by atoms with E-state index in [9.17, 15) is 4.79 Å². The number of H-pyrrole nitrogens is 1. The number of hydrogen-bond acceptors (Lipinski definition) is 5. The molecule has 0 radical (unpaired) electrons. The van der Waals surface area contributed by atoms with Crippen molar-refractivity contribution in [2.24, 2.45) is 5.41 Å². The number of aromatic amines is 1. The summed E-state index contributed by atoms with van der Waals surface area (Å²) in [5, 5.41) is 0. The van der Waals surface area contributed by atoms with E-state index in [1.165, 1.54) is 6.42 Å². The van der Waals surface area contributed by atoms with Crippen molar-refractivity contribution >= 4 is 11.9 Å². The van der Waals surface area contributed by atoms with Crippen LogP contribution in [0.2, 0.25) is 0 Å². The molecule has 1 atom stereocenters. The summed E-state index contributed by atoms with van der Waals surface area (Å²) in [5.41, 5.74) is 1.25. The molecule has 2 saturated heterocycles. The van der Waals surface area contributed by atoms with Gasteiger partial charge in [-0.05, 0) is 25.3 Å². The van der Waals surface area contributed by atoms with Gasteiger partial charge in [-0.2, -0.15) is 0 Å². The molecule has 2 aliphatic rings. The number of carbonyl (C=O) groups is 1. The van der Waals surface area contributed by atoms with Crippen LogP contribution in [0.4, 0.5) is 5.95 Å². The Morgan fingerprint density at radius 3 is 2.88 bits per heavy atom. The smallest absolute Gasteiger partial charge is 0.225 e. The third-order valence-corrected chi connectivity index (χ3v) is 5.45. The van der Waals surface area contributed by atoms with Crippen molar-refractivity contribution in [3.8, 4) is 0 Å². The molecule has 0 aliphatic carbocycles. The normalized spacial score (nSPS) is 24.1. The molecule has 2 aliphatic heterocycles. The van der Waals surface area contributed by atoms with Crippen LogP contribution in [0, 0.1) is 5.41 Å². The predicted molar refractivity (Wildman–Crippen MR) is 94.0 cm³/mol. The molecule has 2 fully saturated rings. The molecule has 0 saturated carbocycles. The van der Waals surface area contributed by atoms with Crippen LogP contribution in [0.1, 0.15) is 31.4 Å². The Morgan fingerprint density at radius 1 is 1.20 bits per heavy atom. The molecule has 4 rings (SSSR count). The lowest BCUT2D eigenvalue weighted by molar-refractivity contribution is -0.137. The molecule has 1 spiro atoms. The maximum Gasteiger partial charge on any atom is 0.225 e. The van der Waals surface area contributed by atoms with E-state index in [4.69, 9.17) is 0 Å². The Bertz CT molecular complexity index is 704. The monoisotopic (exact) mass is 340 g/mol. The van der Waals surface area contributed by atoms with Gasteiger partial charge in [-0.25, -0.2) is 15.0 Å². The molecule has 0 aromatic carbocycles. The molecule has 4 heterocycles. The second kappa shape index (κ2) is 6.82. The summed E-state index contributed by atoms with van der Waals surface area (Å²) in [4.78, 5) is 32.7. The predicted octanol–water partition coefficient (Wildman–Crippen LogP) is 1.65. The Morgan fingerprint density at radius 2 is 2.08 bits per heavy atom. The zero-order chi connectivity index (χ0) is 17.1. The van der Waals surface area contributed by atoms with E-state index < -0.39 is 0 Å². The number of rotatable bonds is 4. The van der Waals surface area contributed by atoms with E-state index in [0.29, 0.717) is 6.42 Å². The van der Waals surface area contributed by atoms with Gasteiger partial charge < -0.3 is 14.8 Å². The van der Waals surface area contributed by atoms with Crippen molar-refractivity contribution in [2.45, 2.75) is 32.1 Å². The second-order valence-electron chi connectivity index (χ2n) is 7.22. The quantitative estimate of drug-likeness (QED) is 0.916. The molecule has 25 heavy (non-hydrogen) atoms. The van der Waals surface area contributed by atoms with Gasteiger partial charge in [0.2, 0.25) is 11.9 Å². The van der Waals surface area contributed by atoms with Crippen LogP contribution in [0.25, 0.3) is 0 Å². The number of aromatic nitrogens is 4. The Kier molecular flexibility index (Phi) is 4.38. The minimum Gasteiger partial charge on any atom is -0.348 e. The summed E-state index contributed by atoms with van der Waals surface area (Å²) in [6.07, 6.45) is 11.9. The maximum atomic E-state index is 12.4. The lowest BCUT2D eigenvalue weighted by atomic mass is 9.73. The molecule has 1 amide bonds. The van der Waals surface area contributed by atoms with Crippen molar-refractivity contribution in [3.63, 3.8) is 0 Å². The van der Waals surface area contributed by atoms with Crippen molar-refractivity contribution in [1.29, 1.82) is 0 Å². The number of nitrogens with one attached hydrogen (secondary N) is 1. The molecule has 2 aromatic heterocycles. The van der Waals surface area contributed by atoms with Gasteiger partial charge in [0.1, 0.15) is 0 Å².